The van der Waals surface area contributed by atoms with Crippen LogP contribution in [0.2, 0.25) is 0 Å². The number of aromatic amines is 1. The van der Waals surface area contributed by atoms with Gasteiger partial charge >= 0.3 is 0 Å². The number of aryl methyl sites for hydroxylation is 1. The number of aromatic hydroxyl groups is 3. The van der Waals surface area contributed by atoms with Crippen molar-refractivity contribution in [1.82, 2.24) is 14.9 Å². The lowest BCUT2D eigenvalue weighted by molar-refractivity contribution is 0.367. The summed E-state index contributed by atoms with van der Waals surface area (Å²) >= 11 is 5.17. The summed E-state index contributed by atoms with van der Waals surface area (Å²) in [7, 11) is 0. The molecule has 8 heteroatoms. The van der Waals surface area contributed by atoms with Crippen molar-refractivity contribution in [2.75, 3.05) is 0 Å². The van der Waals surface area contributed by atoms with Gasteiger partial charge < -0.3 is 15.3 Å². The zero-order valence-corrected chi connectivity index (χ0v) is 13.4. The molecular formula is C16H14N4O3S. The molecule has 24 heavy (non-hydrogen) atoms. The Morgan fingerprint density at radius 1 is 1.08 bits per heavy atom. The number of hydrogen-bond acceptors (Lipinski definition) is 6. The molecule has 0 saturated heterocycles. The van der Waals surface area contributed by atoms with Gasteiger partial charge in [-0.1, -0.05) is 29.8 Å². The second-order valence-electron chi connectivity index (χ2n) is 5.15. The molecule has 122 valence electrons. The molecular weight excluding hydrogens is 328 g/mol. The van der Waals surface area contributed by atoms with Gasteiger partial charge in [-0.15, -0.1) is 0 Å². The number of nitrogens with one attached hydrogen (secondary N) is 1. The summed E-state index contributed by atoms with van der Waals surface area (Å²) in [5, 5.41) is 39.8. The first-order valence-corrected chi connectivity index (χ1v) is 7.41. The van der Waals surface area contributed by atoms with E-state index in [0.717, 1.165) is 11.1 Å². The van der Waals surface area contributed by atoms with Gasteiger partial charge in [-0.3, -0.25) is 0 Å². The Morgan fingerprint density at radius 3 is 2.50 bits per heavy atom. The Bertz CT molecular complexity index is 974. The van der Waals surface area contributed by atoms with Gasteiger partial charge in [0.15, 0.2) is 17.3 Å². The Hall–Kier alpha value is -3.13. The van der Waals surface area contributed by atoms with E-state index >= 15 is 0 Å². The molecule has 0 aliphatic carbocycles. The van der Waals surface area contributed by atoms with Crippen molar-refractivity contribution < 1.29 is 15.3 Å². The summed E-state index contributed by atoms with van der Waals surface area (Å²) in [6.45, 7) is 1.99. The zero-order valence-electron chi connectivity index (χ0n) is 12.6. The van der Waals surface area contributed by atoms with Crippen molar-refractivity contribution in [3.63, 3.8) is 0 Å². The largest absolute Gasteiger partial charge is 0.504 e. The van der Waals surface area contributed by atoms with Crippen LogP contribution in [0, 0.1) is 11.7 Å². The van der Waals surface area contributed by atoms with Crippen LogP contribution in [-0.4, -0.2) is 36.4 Å². The van der Waals surface area contributed by atoms with Crippen LogP contribution >= 0.6 is 12.2 Å². The van der Waals surface area contributed by atoms with Gasteiger partial charge in [-0.05, 0) is 31.3 Å². The Labute approximate surface area is 142 Å². The molecule has 4 N–H and O–H groups in total. The van der Waals surface area contributed by atoms with E-state index < -0.39 is 17.2 Å². The summed E-state index contributed by atoms with van der Waals surface area (Å²) in [6.07, 6.45) is 1.32. The van der Waals surface area contributed by atoms with Gasteiger partial charge in [0.2, 0.25) is 10.5 Å². The number of aromatic nitrogens is 3. The fourth-order valence-corrected chi connectivity index (χ4v) is 2.28. The first kappa shape index (κ1) is 15.8. The van der Waals surface area contributed by atoms with Crippen LogP contribution in [0.3, 0.4) is 0 Å². The highest BCUT2D eigenvalue weighted by molar-refractivity contribution is 7.71. The maximum atomic E-state index is 9.83. The fraction of sp³-hybridized carbons (Fsp3) is 0.0625. The van der Waals surface area contributed by atoms with Crippen LogP contribution in [0.25, 0.3) is 11.4 Å². The van der Waals surface area contributed by atoms with E-state index in [2.05, 4.69) is 15.3 Å². The molecule has 0 saturated carbocycles. The molecule has 0 unspecified atom stereocenters. The topological polar surface area (TPSA) is 107 Å². The van der Waals surface area contributed by atoms with E-state index in [9.17, 15) is 15.3 Å². The van der Waals surface area contributed by atoms with Gasteiger partial charge in [-0.25, -0.2) is 5.10 Å². The van der Waals surface area contributed by atoms with Crippen molar-refractivity contribution in [2.45, 2.75) is 6.92 Å². The molecule has 0 aliphatic heterocycles. The van der Waals surface area contributed by atoms with Crippen molar-refractivity contribution in [1.29, 1.82) is 0 Å². The molecule has 0 radical (unpaired) electrons. The number of phenols is 3. The standard InChI is InChI=1S/C16H14N4O3S/c1-9-2-4-10(5-3-9)15-18-19-16(24)20(15)17-8-11-6-7-12(21)14(23)13(11)22/h2-8,21-23H,1H3,(H,19,24). The third kappa shape index (κ3) is 2.86. The van der Waals surface area contributed by atoms with E-state index in [-0.39, 0.29) is 10.3 Å². The maximum absolute atomic E-state index is 9.83. The maximum Gasteiger partial charge on any atom is 0.216 e. The van der Waals surface area contributed by atoms with Crippen LogP contribution in [0.4, 0.5) is 0 Å². The van der Waals surface area contributed by atoms with Crippen LogP contribution in [0.1, 0.15) is 11.1 Å². The minimum absolute atomic E-state index is 0.225. The van der Waals surface area contributed by atoms with Crippen molar-refractivity contribution in [3.8, 4) is 28.6 Å². The van der Waals surface area contributed by atoms with Crippen LogP contribution in [0.5, 0.6) is 17.2 Å². The normalized spacial score (nSPS) is 11.2. The number of H-pyrrole nitrogens is 1. The first-order valence-electron chi connectivity index (χ1n) is 7.00. The number of rotatable bonds is 3. The minimum atomic E-state index is -0.603. The number of benzene rings is 2. The SMILES string of the molecule is Cc1ccc(-c2n[nH]c(=S)n2N=Cc2ccc(O)c(O)c2O)cc1. The van der Waals surface area contributed by atoms with E-state index in [1.54, 1.807) is 0 Å². The van der Waals surface area contributed by atoms with Crippen molar-refractivity contribution >= 4 is 18.4 Å². The molecule has 3 rings (SSSR count). The second-order valence-corrected chi connectivity index (χ2v) is 5.53. The fourth-order valence-electron chi connectivity index (χ4n) is 2.10. The quantitative estimate of drug-likeness (QED) is 0.333. The average Bonchev–Trinajstić information content (AvgIpc) is 2.94. The highest BCUT2D eigenvalue weighted by Crippen LogP contribution is 2.36. The number of phenolic OH excluding ortho intramolecular Hbond substituents is 3. The molecule has 0 aliphatic rings. The molecule has 0 fully saturated rings. The first-order chi connectivity index (χ1) is 11.5. The molecule has 1 aromatic heterocycles. The average molecular weight is 342 g/mol. The van der Waals surface area contributed by atoms with Gasteiger partial charge in [0.05, 0.1) is 6.21 Å². The van der Waals surface area contributed by atoms with Crippen molar-refractivity contribution in [2.24, 2.45) is 5.10 Å². The molecule has 3 aromatic rings. The predicted molar refractivity (Wildman–Crippen MR) is 92.0 cm³/mol. The third-order valence-corrected chi connectivity index (χ3v) is 3.70. The summed E-state index contributed by atoms with van der Waals surface area (Å²) in [5.74, 6) is -0.970. The molecule has 0 atom stereocenters. The van der Waals surface area contributed by atoms with E-state index in [4.69, 9.17) is 12.2 Å². The van der Waals surface area contributed by atoms with Crippen LogP contribution in [-0.2, 0) is 0 Å². The predicted octanol–water partition coefficient (Wildman–Crippen LogP) is 2.92. The molecule has 0 spiro atoms. The van der Waals surface area contributed by atoms with Gasteiger partial charge in [-0.2, -0.15) is 14.9 Å². The van der Waals surface area contributed by atoms with Crippen LogP contribution < -0.4 is 0 Å². The van der Waals surface area contributed by atoms with Crippen molar-refractivity contribution in [3.05, 3.63) is 52.3 Å². The third-order valence-electron chi connectivity index (χ3n) is 3.43. The lowest BCUT2D eigenvalue weighted by Gasteiger charge is -2.04. The van der Waals surface area contributed by atoms with Crippen LogP contribution in [0.15, 0.2) is 41.5 Å². The van der Waals surface area contributed by atoms with Gasteiger partial charge in [0.25, 0.3) is 0 Å². The van der Waals surface area contributed by atoms with E-state index in [1.807, 2.05) is 31.2 Å². The molecule has 0 bridgehead atoms. The number of hydrogen-bond donors (Lipinski definition) is 4. The van der Waals surface area contributed by atoms with E-state index in [0.29, 0.717) is 5.82 Å². The molecule has 2 aromatic carbocycles. The molecule has 1 heterocycles. The highest BCUT2D eigenvalue weighted by atomic mass is 32.1. The summed E-state index contributed by atoms with van der Waals surface area (Å²) in [6, 6.07) is 10.4. The van der Waals surface area contributed by atoms with E-state index in [1.165, 1.54) is 23.0 Å². The van der Waals surface area contributed by atoms with Gasteiger partial charge in [0.1, 0.15) is 0 Å². The number of nitrogens with zero attached hydrogens (tertiary/aromatic N) is 3. The Balaban J connectivity index is 2.02. The second kappa shape index (κ2) is 6.17. The minimum Gasteiger partial charge on any atom is -0.504 e. The molecule has 7 nitrogen and oxygen atoms in total. The lowest BCUT2D eigenvalue weighted by Crippen LogP contribution is -1.95. The molecule has 0 amide bonds. The smallest absolute Gasteiger partial charge is 0.216 e. The summed E-state index contributed by atoms with van der Waals surface area (Å²) in [5.41, 5.74) is 2.17. The summed E-state index contributed by atoms with van der Waals surface area (Å²) < 4.78 is 1.69. The Kier molecular flexibility index (Phi) is 4.05. The summed E-state index contributed by atoms with van der Waals surface area (Å²) in [4.78, 5) is 0. The highest BCUT2D eigenvalue weighted by Gasteiger charge is 2.11. The van der Waals surface area contributed by atoms with Gasteiger partial charge in [0, 0.05) is 11.1 Å². The lowest BCUT2D eigenvalue weighted by atomic mass is 10.1. The zero-order chi connectivity index (χ0) is 17.3. The Morgan fingerprint density at radius 2 is 1.79 bits per heavy atom. The monoisotopic (exact) mass is 342 g/mol.